The molecule has 0 bridgehead atoms. The van der Waals surface area contributed by atoms with Crippen LogP contribution in [0, 0.1) is 23.1 Å². The quantitative estimate of drug-likeness (QED) is 0.228. The summed E-state index contributed by atoms with van der Waals surface area (Å²) in [5, 5.41) is 27.2. The van der Waals surface area contributed by atoms with Crippen LogP contribution in [0.15, 0.2) is 67.1 Å². The van der Waals surface area contributed by atoms with E-state index in [2.05, 4.69) is 36.0 Å². The summed E-state index contributed by atoms with van der Waals surface area (Å²) in [6, 6.07) is 15.5. The van der Waals surface area contributed by atoms with Crippen LogP contribution >= 0.6 is 11.6 Å². The van der Waals surface area contributed by atoms with E-state index < -0.39 is 17.2 Å². The number of hydrogen-bond donors (Lipinski definition) is 3. The van der Waals surface area contributed by atoms with Gasteiger partial charge in [-0.1, -0.05) is 41.9 Å². The molecule has 36 heavy (non-hydrogen) atoms. The number of nitriles is 1. The number of rotatable bonds is 6. The second kappa shape index (κ2) is 9.24. The van der Waals surface area contributed by atoms with Gasteiger partial charge in [0.1, 0.15) is 19.6 Å². The number of nitrogens with zero attached hydrogens (tertiary/aromatic N) is 5. The average Bonchev–Trinajstić information content (AvgIpc) is 3.43. The van der Waals surface area contributed by atoms with Gasteiger partial charge in [-0.15, -0.1) is 0 Å². The van der Waals surface area contributed by atoms with Gasteiger partial charge in [0.05, 0.1) is 45.3 Å². The molecular weight excluding hydrogens is 485 g/mol. The first-order chi connectivity index (χ1) is 17.4. The van der Waals surface area contributed by atoms with Crippen molar-refractivity contribution in [2.45, 2.75) is 5.44 Å². The van der Waals surface area contributed by atoms with Gasteiger partial charge < -0.3 is 10.6 Å². The van der Waals surface area contributed by atoms with Crippen molar-refractivity contribution in [3.05, 3.63) is 101 Å². The van der Waals surface area contributed by atoms with Gasteiger partial charge in [-0.2, -0.15) is 25.1 Å². The molecule has 2 aromatic carbocycles. The van der Waals surface area contributed by atoms with Crippen LogP contribution in [-0.2, 0) is 5.44 Å². The molecule has 3 heterocycles. The van der Waals surface area contributed by atoms with Gasteiger partial charge in [0.25, 0.3) is 0 Å². The van der Waals surface area contributed by atoms with E-state index in [0.29, 0.717) is 27.8 Å². The first-order valence-electron chi connectivity index (χ1n) is 10.5. The largest absolute Gasteiger partial charge is 0.378 e. The Balaban J connectivity index is 1.65. The van der Waals surface area contributed by atoms with E-state index in [9.17, 15) is 14.0 Å². The fraction of sp³-hybridized carbons (Fsp3) is 0.0417. The molecule has 0 spiro atoms. The molecule has 8 nitrogen and oxygen atoms in total. The molecule has 0 aliphatic carbocycles. The van der Waals surface area contributed by atoms with Gasteiger partial charge in [0.2, 0.25) is 5.95 Å². The zero-order valence-electron chi connectivity index (χ0n) is 18.3. The van der Waals surface area contributed by atoms with Gasteiger partial charge >= 0.3 is 0 Å². The van der Waals surface area contributed by atoms with Gasteiger partial charge in [-0.3, -0.25) is 4.98 Å². The molecule has 3 N–H and O–H groups in total. The molecule has 2 radical (unpaired) electrons. The molecule has 0 saturated carbocycles. The third kappa shape index (κ3) is 4.19. The van der Waals surface area contributed by atoms with Crippen molar-refractivity contribution in [3.8, 4) is 6.07 Å². The molecule has 0 aliphatic heterocycles. The highest BCUT2D eigenvalue weighted by Crippen LogP contribution is 2.37. The standard InChI is InChI=1S/C24H14BClF2N8/c25-24(20-12-32-36-35-20,14-4-2-1-3-5-14)34-15-6-17-21(33-16-8-19(27)23(28)31-11-16)13(9-29)10-30-22(17)18(26)7-15/h1-8,10-12,34H,(H,30,33)(H,32,35,36). The SMILES string of the molecule is [B]C(Nc1cc(Cl)c2ncc(C#N)c(Nc3cnc(F)c(F)c3)c2c1)(c1ccccc1)c1cn[nH]n1. The third-order valence-corrected chi connectivity index (χ3v) is 5.79. The minimum absolute atomic E-state index is 0.132. The van der Waals surface area contributed by atoms with Crippen molar-refractivity contribution in [2.24, 2.45) is 0 Å². The van der Waals surface area contributed by atoms with Crippen LogP contribution < -0.4 is 10.6 Å². The normalized spacial score (nSPS) is 12.6. The van der Waals surface area contributed by atoms with E-state index in [1.165, 1.54) is 12.4 Å². The number of aromatic nitrogens is 5. The topological polar surface area (TPSA) is 115 Å². The summed E-state index contributed by atoms with van der Waals surface area (Å²) in [6.45, 7) is 0. The van der Waals surface area contributed by atoms with E-state index >= 15 is 0 Å². The minimum Gasteiger partial charge on any atom is -0.378 e. The Morgan fingerprint density at radius 2 is 1.83 bits per heavy atom. The predicted octanol–water partition coefficient (Wildman–Crippen LogP) is 4.78. The number of halogens is 3. The number of aromatic amines is 1. The number of pyridine rings is 2. The first kappa shape index (κ1) is 23.2. The lowest BCUT2D eigenvalue weighted by Gasteiger charge is -2.31. The number of nitrogens with one attached hydrogen (secondary N) is 3. The van der Waals surface area contributed by atoms with Crippen molar-refractivity contribution in [1.82, 2.24) is 25.4 Å². The fourth-order valence-electron chi connectivity index (χ4n) is 3.79. The maximum Gasteiger partial charge on any atom is 0.249 e. The fourth-order valence-corrected chi connectivity index (χ4v) is 4.06. The van der Waals surface area contributed by atoms with Gasteiger partial charge in [0, 0.05) is 23.3 Å². The number of benzene rings is 2. The van der Waals surface area contributed by atoms with E-state index in [1.807, 2.05) is 36.4 Å². The summed E-state index contributed by atoms with van der Waals surface area (Å²) in [5.74, 6) is -2.37. The van der Waals surface area contributed by atoms with Crippen molar-refractivity contribution < 1.29 is 8.78 Å². The second-order valence-electron chi connectivity index (χ2n) is 7.79. The molecule has 3 aromatic heterocycles. The van der Waals surface area contributed by atoms with Crippen molar-refractivity contribution in [2.75, 3.05) is 10.6 Å². The second-order valence-corrected chi connectivity index (χ2v) is 8.20. The zero-order valence-corrected chi connectivity index (χ0v) is 19.1. The number of anilines is 3. The minimum atomic E-state index is -1.30. The van der Waals surface area contributed by atoms with Crippen molar-refractivity contribution in [1.29, 1.82) is 5.26 Å². The molecule has 0 aliphatic rings. The summed E-state index contributed by atoms with van der Waals surface area (Å²) < 4.78 is 27.1. The Bertz CT molecular complexity index is 1610. The van der Waals surface area contributed by atoms with Crippen LogP contribution in [0.3, 0.4) is 0 Å². The lowest BCUT2D eigenvalue weighted by atomic mass is 9.69. The zero-order chi connectivity index (χ0) is 25.3. The predicted molar refractivity (Wildman–Crippen MR) is 132 cm³/mol. The van der Waals surface area contributed by atoms with E-state index in [4.69, 9.17) is 19.4 Å². The lowest BCUT2D eigenvalue weighted by Crippen LogP contribution is -2.37. The van der Waals surface area contributed by atoms with E-state index in [0.717, 1.165) is 12.3 Å². The molecule has 12 heteroatoms. The summed E-state index contributed by atoms with van der Waals surface area (Å²) in [6.07, 6.45) is 3.95. The highest BCUT2D eigenvalue weighted by molar-refractivity contribution is 6.36. The number of hydrogen-bond acceptors (Lipinski definition) is 7. The highest BCUT2D eigenvalue weighted by Gasteiger charge is 2.31. The van der Waals surface area contributed by atoms with Crippen molar-refractivity contribution >= 4 is 47.4 Å². The van der Waals surface area contributed by atoms with Gasteiger partial charge in [-0.05, 0) is 17.7 Å². The Hall–Kier alpha value is -4.56. The average molecular weight is 499 g/mol. The summed E-state index contributed by atoms with van der Waals surface area (Å²) in [4.78, 5) is 7.68. The van der Waals surface area contributed by atoms with Crippen molar-refractivity contribution in [3.63, 3.8) is 0 Å². The molecule has 1 atom stereocenters. The molecule has 174 valence electrons. The molecular formula is C24H14BClF2N8. The van der Waals surface area contributed by atoms with E-state index in [1.54, 1.807) is 12.1 Å². The van der Waals surface area contributed by atoms with Crippen LogP contribution in [0.5, 0.6) is 0 Å². The third-order valence-electron chi connectivity index (χ3n) is 5.50. The summed E-state index contributed by atoms with van der Waals surface area (Å²) >= 11 is 6.57. The Morgan fingerprint density at radius 3 is 2.53 bits per heavy atom. The van der Waals surface area contributed by atoms with Crippen LogP contribution in [-0.4, -0.2) is 33.2 Å². The van der Waals surface area contributed by atoms with Crippen LogP contribution in [0.1, 0.15) is 16.8 Å². The molecule has 5 aromatic rings. The lowest BCUT2D eigenvalue weighted by molar-refractivity contribution is 0.480. The molecule has 5 rings (SSSR count). The van der Waals surface area contributed by atoms with Crippen LogP contribution in [0.4, 0.5) is 25.8 Å². The highest BCUT2D eigenvalue weighted by atomic mass is 35.5. The van der Waals surface area contributed by atoms with Crippen LogP contribution in [0.2, 0.25) is 5.02 Å². The first-order valence-corrected chi connectivity index (χ1v) is 10.9. The van der Waals surface area contributed by atoms with Gasteiger partial charge in [0.15, 0.2) is 5.82 Å². The maximum absolute atomic E-state index is 13.8. The number of fused-ring (bicyclic) bond motifs is 1. The molecule has 1 unspecified atom stereocenters. The molecule has 0 amide bonds. The van der Waals surface area contributed by atoms with Gasteiger partial charge in [-0.25, -0.2) is 9.37 Å². The molecule has 0 fully saturated rings. The molecule has 0 saturated heterocycles. The summed E-state index contributed by atoms with van der Waals surface area (Å²) in [5.41, 5.74) is 1.23. The Kier molecular flexibility index (Phi) is 5.96. The van der Waals surface area contributed by atoms with E-state index in [-0.39, 0.29) is 22.0 Å². The smallest absolute Gasteiger partial charge is 0.249 e. The maximum atomic E-state index is 13.8. The Morgan fingerprint density at radius 1 is 1.03 bits per heavy atom. The monoisotopic (exact) mass is 498 g/mol. The Labute approximate surface area is 209 Å². The van der Waals surface area contributed by atoms with Crippen LogP contribution in [0.25, 0.3) is 10.9 Å². The number of H-pyrrole nitrogens is 1. The summed E-state index contributed by atoms with van der Waals surface area (Å²) in [7, 11) is 6.81.